The molecule has 348 valence electrons. The van der Waals surface area contributed by atoms with Gasteiger partial charge in [0.25, 0.3) is 0 Å². The maximum atomic E-state index is 14.9. The minimum absolute atomic E-state index is 0.00698. The van der Waals surface area contributed by atoms with Crippen molar-refractivity contribution in [1.82, 2.24) is 10.4 Å². The van der Waals surface area contributed by atoms with Crippen molar-refractivity contribution in [2.75, 3.05) is 19.8 Å². The highest BCUT2D eigenvalue weighted by molar-refractivity contribution is 5.93. The molecule has 0 aromatic heterocycles. The highest BCUT2D eigenvalue weighted by atomic mass is 16.8. The van der Waals surface area contributed by atoms with E-state index in [1.165, 1.54) is 5.06 Å². The molecule has 1 aliphatic carbocycles. The van der Waals surface area contributed by atoms with Crippen LogP contribution in [0.15, 0.2) is 30.3 Å². The number of benzene rings is 1. The Morgan fingerprint density at radius 3 is 2.27 bits per heavy atom. The van der Waals surface area contributed by atoms with Crippen LogP contribution in [0.5, 0.6) is 0 Å². The third-order valence-electron chi connectivity index (χ3n) is 12.5. The number of aliphatic hydroxyl groups is 5. The van der Waals surface area contributed by atoms with Gasteiger partial charge in [-0.2, -0.15) is 5.06 Å². The molecule has 2 bridgehead atoms. The van der Waals surface area contributed by atoms with E-state index in [-0.39, 0.29) is 32.4 Å². The molecule has 6 rings (SSSR count). The molecule has 2 unspecified atom stereocenters. The molecule has 5 fully saturated rings. The lowest BCUT2D eigenvalue weighted by Crippen LogP contribution is -2.70. The molecule has 1 amide bonds. The van der Waals surface area contributed by atoms with Crippen molar-refractivity contribution in [2.24, 2.45) is 5.41 Å². The van der Waals surface area contributed by atoms with E-state index < -0.39 is 115 Å². The van der Waals surface area contributed by atoms with Crippen LogP contribution in [-0.2, 0) is 54.2 Å². The van der Waals surface area contributed by atoms with Gasteiger partial charge in [-0.05, 0) is 51.2 Å². The molecule has 0 radical (unpaired) electrons. The average molecular weight is 877 g/mol. The minimum atomic E-state index is -1.54. The molecule has 5 aliphatic rings. The van der Waals surface area contributed by atoms with E-state index in [2.05, 4.69) is 19.2 Å². The number of rotatable bonds is 21. The van der Waals surface area contributed by atoms with E-state index in [4.69, 9.17) is 33.3 Å². The Labute approximate surface area is 363 Å². The Hall–Kier alpha value is -3.07. The molecule has 12 atom stereocenters. The highest BCUT2D eigenvalue weighted by Crippen LogP contribution is 2.58. The zero-order chi connectivity index (χ0) is 44.8. The van der Waals surface area contributed by atoms with Gasteiger partial charge < -0.3 is 59.3 Å². The molecule has 4 saturated heterocycles. The predicted octanol–water partition coefficient (Wildman–Crippen LogP) is 2.56. The van der Waals surface area contributed by atoms with E-state index in [1.807, 2.05) is 24.3 Å². The van der Waals surface area contributed by atoms with Crippen molar-refractivity contribution in [2.45, 2.75) is 190 Å². The van der Waals surface area contributed by atoms with E-state index in [9.17, 15) is 39.9 Å². The summed E-state index contributed by atoms with van der Waals surface area (Å²) in [6, 6.07) is 5.45. The molecule has 1 aromatic carbocycles. The predicted molar refractivity (Wildman–Crippen MR) is 221 cm³/mol. The summed E-state index contributed by atoms with van der Waals surface area (Å²) >= 11 is 0. The topological polar surface area (TPSA) is 232 Å². The molecule has 1 saturated carbocycles. The minimum Gasteiger partial charge on any atom is -0.460 e. The molecular formula is C45H68N2O15. The summed E-state index contributed by atoms with van der Waals surface area (Å²) in [6.07, 6.45) is 0.748. The van der Waals surface area contributed by atoms with Crippen LogP contribution in [0.25, 0.3) is 6.08 Å². The summed E-state index contributed by atoms with van der Waals surface area (Å²) in [6.45, 7) is 8.67. The van der Waals surface area contributed by atoms with Gasteiger partial charge in [0.05, 0.1) is 32.4 Å². The Morgan fingerprint density at radius 1 is 0.968 bits per heavy atom. The first-order valence-electron chi connectivity index (χ1n) is 22.4. The number of carbonyl (C=O) groups excluding carboxylic acids is 3. The van der Waals surface area contributed by atoms with Crippen molar-refractivity contribution >= 4 is 23.9 Å². The van der Waals surface area contributed by atoms with Gasteiger partial charge in [-0.1, -0.05) is 75.9 Å². The van der Waals surface area contributed by atoms with Crippen LogP contribution in [0.1, 0.15) is 116 Å². The molecular weight excluding hydrogens is 808 g/mol. The Kier molecular flexibility index (Phi) is 16.3. The smallest absolute Gasteiger partial charge is 0.327 e. The van der Waals surface area contributed by atoms with Crippen molar-refractivity contribution in [3.05, 3.63) is 41.5 Å². The third-order valence-corrected chi connectivity index (χ3v) is 12.5. The molecule has 17 nitrogen and oxygen atoms in total. The van der Waals surface area contributed by atoms with Crippen LogP contribution in [0.3, 0.4) is 0 Å². The fourth-order valence-electron chi connectivity index (χ4n) is 9.36. The van der Waals surface area contributed by atoms with Gasteiger partial charge in [-0.15, -0.1) is 0 Å². The van der Waals surface area contributed by atoms with Gasteiger partial charge in [0.2, 0.25) is 5.91 Å². The van der Waals surface area contributed by atoms with Gasteiger partial charge in [0.1, 0.15) is 59.8 Å². The van der Waals surface area contributed by atoms with E-state index in [0.29, 0.717) is 12.8 Å². The maximum absolute atomic E-state index is 14.9. The summed E-state index contributed by atoms with van der Waals surface area (Å²) in [4.78, 5) is 48.5. The van der Waals surface area contributed by atoms with Crippen LogP contribution < -0.4 is 5.32 Å². The summed E-state index contributed by atoms with van der Waals surface area (Å²) in [7, 11) is 0. The second-order valence-corrected chi connectivity index (χ2v) is 18.4. The van der Waals surface area contributed by atoms with Gasteiger partial charge in [-0.25, -0.2) is 0 Å². The molecule has 1 aromatic rings. The largest absolute Gasteiger partial charge is 0.460 e. The molecule has 0 spiro atoms. The molecule has 6 N–H and O–H groups in total. The lowest BCUT2D eigenvalue weighted by Gasteiger charge is -2.49. The number of nitrogens with one attached hydrogen (secondary N) is 1. The van der Waals surface area contributed by atoms with Crippen molar-refractivity contribution < 1.29 is 73.2 Å². The highest BCUT2D eigenvalue weighted by Gasteiger charge is 2.76. The number of fused-ring (bicyclic) bond motifs is 4. The van der Waals surface area contributed by atoms with E-state index in [1.54, 1.807) is 32.9 Å². The fourth-order valence-corrected chi connectivity index (χ4v) is 9.36. The monoisotopic (exact) mass is 876 g/mol. The maximum Gasteiger partial charge on any atom is 0.327 e. The number of carbonyl (C=O) groups is 3. The number of hydrogen-bond acceptors (Lipinski definition) is 16. The zero-order valence-electron chi connectivity index (χ0n) is 36.7. The molecule has 4 heterocycles. The van der Waals surface area contributed by atoms with Crippen LogP contribution in [0.2, 0.25) is 0 Å². The third kappa shape index (κ3) is 10.7. The Bertz CT molecular complexity index is 1680. The summed E-state index contributed by atoms with van der Waals surface area (Å²) in [5.74, 6) is -2.51. The Morgan fingerprint density at radius 2 is 1.65 bits per heavy atom. The SMILES string of the molecule is CCCCCC1(CCCCC)O[C@@H]2[C@H]3ON(Cc4ccc(C=CCO[C@H]5O[C@H](CO)[C@H](O)[C@H](O)[C@H]5O)cc4)[C@H]4C(=O)OC(CC34C(=O)N[C@H](CO)CCC(=O)OC(C)(C)C)[C@@H]2O1. The number of ether oxygens (including phenoxy) is 6. The lowest BCUT2D eigenvalue weighted by atomic mass is 9.62. The first-order chi connectivity index (χ1) is 29.6. The molecule has 4 aliphatic heterocycles. The Balaban J connectivity index is 1.21. The average Bonchev–Trinajstić information content (AvgIpc) is 3.79. The second-order valence-electron chi connectivity index (χ2n) is 18.4. The second kappa shape index (κ2) is 20.8. The zero-order valence-corrected chi connectivity index (χ0v) is 36.7. The quantitative estimate of drug-likeness (QED) is 0.0770. The van der Waals surface area contributed by atoms with Crippen LogP contribution in [0, 0.1) is 5.41 Å². The first-order valence-corrected chi connectivity index (χ1v) is 22.4. The van der Waals surface area contributed by atoms with Crippen molar-refractivity contribution in [1.29, 1.82) is 0 Å². The number of amides is 1. The number of unbranched alkanes of at least 4 members (excludes halogenated alkanes) is 4. The van der Waals surface area contributed by atoms with Crippen molar-refractivity contribution in [3.8, 4) is 0 Å². The van der Waals surface area contributed by atoms with Gasteiger partial charge >= 0.3 is 11.9 Å². The van der Waals surface area contributed by atoms with E-state index in [0.717, 1.165) is 49.7 Å². The number of nitrogens with zero attached hydrogens (tertiary/aromatic N) is 1. The van der Waals surface area contributed by atoms with Crippen LogP contribution >= 0.6 is 0 Å². The van der Waals surface area contributed by atoms with Gasteiger partial charge in [0.15, 0.2) is 18.1 Å². The van der Waals surface area contributed by atoms with Crippen molar-refractivity contribution in [3.63, 3.8) is 0 Å². The fraction of sp³-hybridized carbons (Fsp3) is 0.756. The van der Waals surface area contributed by atoms with Gasteiger partial charge in [-0.3, -0.25) is 19.2 Å². The standard InChI is InChI=1S/C45H68N2O15/c1-6-8-10-20-44(21-11-9-7-2)60-36-30-23-45(42(55)46-29(25-48)18-19-32(50)59-43(3,4)5)38(40(54)57-30)47(62-39(45)37(36)61-44)24-28-16-14-27(15-17-28)13-12-22-56-41-35(53)34(52)33(51)31(26-49)58-41/h12-17,29-31,33-39,41,48-49,51-53H,6-11,18-26H2,1-5H3,(H,46,55)/t29-,30?,31+,33-,34-,35+,36-,37-,38-,39+,41-,45?/m0/s1. The number of hydrogen-bond donors (Lipinski definition) is 6. The van der Waals surface area contributed by atoms with Crippen LogP contribution in [0.4, 0.5) is 0 Å². The summed E-state index contributed by atoms with van der Waals surface area (Å²) in [5, 5.41) is 54.6. The summed E-state index contributed by atoms with van der Waals surface area (Å²) < 4.78 is 36.4. The summed E-state index contributed by atoms with van der Waals surface area (Å²) in [5.41, 5.74) is -0.609. The lowest BCUT2D eigenvalue weighted by molar-refractivity contribution is -0.298. The van der Waals surface area contributed by atoms with Gasteiger partial charge in [0, 0.05) is 25.7 Å². The molecule has 62 heavy (non-hydrogen) atoms. The molecule has 17 heteroatoms. The number of hydroxylamine groups is 2. The first kappa shape index (κ1) is 48.4. The normalized spacial score (nSPS) is 33.3. The van der Waals surface area contributed by atoms with Crippen LogP contribution in [-0.4, -0.2) is 147 Å². The number of esters is 2. The van der Waals surface area contributed by atoms with E-state index >= 15 is 0 Å². The number of aliphatic hydroxyl groups excluding tert-OH is 5.